The van der Waals surface area contributed by atoms with Crippen LogP contribution >= 0.6 is 11.8 Å². The van der Waals surface area contributed by atoms with E-state index in [1.807, 2.05) is 18.9 Å². The van der Waals surface area contributed by atoms with Crippen LogP contribution in [0.4, 0.5) is 0 Å². The molecule has 5 atom stereocenters. The van der Waals surface area contributed by atoms with Crippen LogP contribution in [0.25, 0.3) is 0 Å². The molecule has 0 bridgehead atoms. The smallest absolute Gasteiger partial charge is 0.303 e. The fourth-order valence-electron chi connectivity index (χ4n) is 2.71. The first-order valence-corrected chi connectivity index (χ1v) is 9.19. The highest BCUT2D eigenvalue weighted by atomic mass is 32.2. The van der Waals surface area contributed by atoms with Gasteiger partial charge in [0.15, 0.2) is 17.4 Å². The molecule has 2 aliphatic heterocycles. The van der Waals surface area contributed by atoms with Crippen LogP contribution in [0.1, 0.15) is 27.7 Å². The molecule has 1 fully saturated rings. The first-order chi connectivity index (χ1) is 12.2. The molecule has 0 amide bonds. The van der Waals surface area contributed by atoms with Gasteiger partial charge in [0, 0.05) is 34.4 Å². The summed E-state index contributed by atoms with van der Waals surface area (Å²) in [5, 5.41) is 0.745. The Hall–Kier alpha value is -1.81. The van der Waals surface area contributed by atoms with Gasteiger partial charge in [-0.2, -0.15) is 0 Å². The summed E-state index contributed by atoms with van der Waals surface area (Å²) in [7, 11) is 1.89. The summed E-state index contributed by atoms with van der Waals surface area (Å²) < 4.78 is 21.8. The zero-order valence-corrected chi connectivity index (χ0v) is 16.3. The number of thioether (sulfide) groups is 1. The van der Waals surface area contributed by atoms with Crippen molar-refractivity contribution in [2.24, 2.45) is 4.99 Å². The molecule has 0 aliphatic carbocycles. The van der Waals surface area contributed by atoms with E-state index >= 15 is 0 Å². The first kappa shape index (κ1) is 20.5. The topological polar surface area (TPSA) is 104 Å². The number of rotatable bonds is 5. The Balaban J connectivity index is 2.31. The number of nitrogens with zero attached hydrogens (tertiary/aromatic N) is 2. The number of carbonyl (C=O) groups excluding carboxylic acids is 3. The predicted molar refractivity (Wildman–Crippen MR) is 93.5 cm³/mol. The van der Waals surface area contributed by atoms with Crippen molar-refractivity contribution < 1.29 is 33.3 Å². The van der Waals surface area contributed by atoms with Crippen LogP contribution in [-0.4, -0.2) is 78.0 Å². The Morgan fingerprint density at radius 1 is 1.12 bits per heavy atom. The van der Waals surface area contributed by atoms with Crippen molar-refractivity contribution in [1.82, 2.24) is 4.90 Å². The maximum absolute atomic E-state index is 11.6. The highest BCUT2D eigenvalue weighted by Crippen LogP contribution is 2.39. The summed E-state index contributed by atoms with van der Waals surface area (Å²) in [6.45, 7) is 6.42. The molecule has 26 heavy (non-hydrogen) atoms. The average molecular weight is 388 g/mol. The van der Waals surface area contributed by atoms with Crippen molar-refractivity contribution in [2.75, 3.05) is 20.2 Å². The second-order valence-corrected chi connectivity index (χ2v) is 7.09. The molecule has 0 saturated carbocycles. The van der Waals surface area contributed by atoms with Gasteiger partial charge in [-0.25, -0.2) is 0 Å². The number of hydrogen-bond acceptors (Lipinski definition) is 10. The van der Waals surface area contributed by atoms with Crippen molar-refractivity contribution in [3.8, 4) is 0 Å². The molecule has 2 rings (SSSR count). The molecule has 1 saturated heterocycles. The summed E-state index contributed by atoms with van der Waals surface area (Å²) in [4.78, 5) is 40.9. The van der Waals surface area contributed by atoms with Crippen LogP contribution < -0.4 is 0 Å². The molecule has 0 aromatic rings. The Kier molecular flexibility index (Phi) is 6.87. The number of hydrogen-bond donors (Lipinski definition) is 0. The summed E-state index contributed by atoms with van der Waals surface area (Å²) >= 11 is 1.40. The highest BCUT2D eigenvalue weighted by molar-refractivity contribution is 8.14. The van der Waals surface area contributed by atoms with E-state index in [9.17, 15) is 14.4 Å². The molecule has 2 heterocycles. The van der Waals surface area contributed by atoms with Gasteiger partial charge in [-0.15, -0.1) is 0 Å². The van der Waals surface area contributed by atoms with Gasteiger partial charge in [0.2, 0.25) is 0 Å². The highest BCUT2D eigenvalue weighted by Gasteiger charge is 2.53. The van der Waals surface area contributed by atoms with E-state index in [4.69, 9.17) is 18.9 Å². The third kappa shape index (κ3) is 4.88. The fourth-order valence-corrected chi connectivity index (χ4v) is 3.96. The maximum atomic E-state index is 11.6. The molecule has 10 heteroatoms. The van der Waals surface area contributed by atoms with Gasteiger partial charge in [-0.05, 0) is 6.92 Å². The molecular formula is C16H24N2O7S. The summed E-state index contributed by atoms with van der Waals surface area (Å²) in [5.41, 5.74) is -0.435. The van der Waals surface area contributed by atoms with E-state index in [0.29, 0.717) is 0 Å². The first-order valence-electron chi connectivity index (χ1n) is 8.31. The maximum Gasteiger partial charge on any atom is 0.303 e. The largest absolute Gasteiger partial charge is 0.463 e. The Bertz CT molecular complexity index is 597. The summed E-state index contributed by atoms with van der Waals surface area (Å²) in [5.74, 6) is -1.55. The number of amidine groups is 1. The van der Waals surface area contributed by atoms with Crippen molar-refractivity contribution in [1.29, 1.82) is 0 Å². The number of carbonyl (C=O) groups is 3. The van der Waals surface area contributed by atoms with Gasteiger partial charge >= 0.3 is 17.9 Å². The van der Waals surface area contributed by atoms with Crippen molar-refractivity contribution in [3.05, 3.63) is 0 Å². The van der Waals surface area contributed by atoms with E-state index in [2.05, 4.69) is 4.99 Å². The van der Waals surface area contributed by atoms with Gasteiger partial charge in [0.25, 0.3) is 0 Å². The third-order valence-corrected chi connectivity index (χ3v) is 5.20. The minimum atomic E-state index is -0.923. The molecule has 1 unspecified atom stereocenters. The molecule has 0 aromatic carbocycles. The van der Waals surface area contributed by atoms with Crippen LogP contribution in [0, 0.1) is 0 Å². The van der Waals surface area contributed by atoms with E-state index in [1.54, 1.807) is 0 Å². The van der Waals surface area contributed by atoms with Crippen molar-refractivity contribution in [2.45, 2.75) is 57.5 Å². The van der Waals surface area contributed by atoms with E-state index in [0.717, 1.165) is 11.7 Å². The molecule has 146 valence electrons. The second-order valence-electron chi connectivity index (χ2n) is 6.03. The van der Waals surface area contributed by atoms with Crippen molar-refractivity contribution in [3.63, 3.8) is 0 Å². The van der Waals surface area contributed by atoms with E-state index < -0.39 is 47.7 Å². The monoisotopic (exact) mass is 388 g/mol. The van der Waals surface area contributed by atoms with Gasteiger partial charge < -0.3 is 23.8 Å². The lowest BCUT2D eigenvalue weighted by molar-refractivity contribution is -0.208. The minimum Gasteiger partial charge on any atom is -0.463 e. The van der Waals surface area contributed by atoms with Crippen LogP contribution in [-0.2, 0) is 33.3 Å². The Morgan fingerprint density at radius 3 is 2.27 bits per heavy atom. The van der Waals surface area contributed by atoms with Crippen LogP contribution in [0.15, 0.2) is 4.99 Å². The molecular weight excluding hydrogens is 364 g/mol. The third-order valence-electron chi connectivity index (χ3n) is 3.95. The number of aliphatic imine (C=N–C) groups is 1. The Morgan fingerprint density at radius 2 is 1.73 bits per heavy atom. The lowest BCUT2D eigenvalue weighted by Gasteiger charge is -2.41. The van der Waals surface area contributed by atoms with Crippen LogP contribution in [0.5, 0.6) is 0 Å². The molecule has 0 aromatic heterocycles. The molecule has 2 aliphatic rings. The van der Waals surface area contributed by atoms with Crippen LogP contribution in [0.2, 0.25) is 0 Å². The average Bonchev–Trinajstić information content (AvgIpc) is 2.97. The van der Waals surface area contributed by atoms with Gasteiger partial charge in [-0.1, -0.05) is 11.8 Å². The lowest BCUT2D eigenvalue weighted by atomic mass is 9.98. The van der Waals surface area contributed by atoms with Gasteiger partial charge in [0.05, 0.1) is 0 Å². The van der Waals surface area contributed by atoms with Crippen LogP contribution in [0.3, 0.4) is 0 Å². The predicted octanol–water partition coefficient (Wildman–Crippen LogP) is 0.561. The second kappa shape index (κ2) is 8.72. The SMILES string of the molecule is CCN(C)C1=N[C@@H]2C(O[C@H](COC(C)=O)[C@@H](OC(C)=O)[C@@H]2OC(C)=O)S1. The number of esters is 3. The van der Waals surface area contributed by atoms with E-state index in [-0.39, 0.29) is 6.61 Å². The van der Waals surface area contributed by atoms with Gasteiger partial charge in [-0.3, -0.25) is 19.4 Å². The molecule has 0 N–H and O–H groups in total. The summed E-state index contributed by atoms with van der Waals surface area (Å²) in [6, 6.07) is -0.522. The number of ether oxygens (including phenoxy) is 4. The quantitative estimate of drug-likeness (QED) is 0.493. The zero-order valence-electron chi connectivity index (χ0n) is 15.5. The molecule has 9 nitrogen and oxygen atoms in total. The normalized spacial score (nSPS) is 30.0. The Labute approximate surface area is 156 Å². The molecule has 0 spiro atoms. The molecule has 0 radical (unpaired) electrons. The van der Waals surface area contributed by atoms with Gasteiger partial charge in [0.1, 0.15) is 24.2 Å². The standard InChI is InChI=1S/C16H24N2O7S/c1-6-18(5)16-17-12-14(24-10(4)21)13(23-9(3)20)11(7-22-8(2)19)25-15(12)26-16/h11-15H,6-7H2,1-5H3/t11-,12+,13-,14-,15?/m1/s1. The fraction of sp³-hybridized carbons (Fsp3) is 0.750. The minimum absolute atomic E-state index is 0.117. The zero-order chi connectivity index (χ0) is 19.4. The summed E-state index contributed by atoms with van der Waals surface area (Å²) in [6.07, 6.45) is -2.51. The number of fused-ring (bicyclic) bond motifs is 1. The lowest BCUT2D eigenvalue weighted by Crippen LogP contribution is -2.59. The van der Waals surface area contributed by atoms with E-state index in [1.165, 1.54) is 32.5 Å². The van der Waals surface area contributed by atoms with Crippen molar-refractivity contribution >= 4 is 34.8 Å².